The third-order valence-corrected chi connectivity index (χ3v) is 2.90. The van der Waals surface area contributed by atoms with E-state index in [1.54, 1.807) is 0 Å². The molecule has 19 heavy (non-hydrogen) atoms. The van der Waals surface area contributed by atoms with Crippen LogP contribution < -0.4 is 5.32 Å². The number of β-amino-alcohol motifs (C(OH)–C–C–N with tert-alkyl or cyclic N) is 2. The summed E-state index contributed by atoms with van der Waals surface area (Å²) in [5.41, 5.74) is -0.231. The van der Waals surface area contributed by atoms with Gasteiger partial charge in [-0.3, -0.25) is 9.69 Å². The zero-order chi connectivity index (χ0) is 14.0. The lowest BCUT2D eigenvalue weighted by Gasteiger charge is -2.14. The minimum Gasteiger partial charge on any atom is -0.389 e. The first-order valence-electron chi connectivity index (χ1n) is 5.79. The second-order valence-corrected chi connectivity index (χ2v) is 4.50. The molecule has 1 aromatic rings. The second kappa shape index (κ2) is 5.60. The summed E-state index contributed by atoms with van der Waals surface area (Å²) >= 11 is 0. The van der Waals surface area contributed by atoms with Crippen molar-refractivity contribution >= 4 is 11.6 Å². The molecule has 1 aromatic carbocycles. The van der Waals surface area contributed by atoms with Gasteiger partial charge >= 0.3 is 0 Å². The topological polar surface area (TPSA) is 72.8 Å². The minimum atomic E-state index is -0.890. The number of halogens is 2. The molecule has 1 aliphatic heterocycles. The molecule has 5 nitrogen and oxygen atoms in total. The van der Waals surface area contributed by atoms with Gasteiger partial charge in [0.2, 0.25) is 5.91 Å². The van der Waals surface area contributed by atoms with Crippen LogP contribution in [0.25, 0.3) is 0 Å². The lowest BCUT2D eigenvalue weighted by Crippen LogP contribution is -2.32. The molecule has 2 atom stereocenters. The van der Waals surface area contributed by atoms with Crippen LogP contribution in [-0.4, -0.2) is 52.9 Å². The predicted molar refractivity (Wildman–Crippen MR) is 63.4 cm³/mol. The number of carbonyl (C=O) groups is 1. The van der Waals surface area contributed by atoms with Crippen molar-refractivity contribution in [2.75, 3.05) is 25.0 Å². The van der Waals surface area contributed by atoms with E-state index in [-0.39, 0.29) is 25.3 Å². The van der Waals surface area contributed by atoms with Crippen molar-refractivity contribution in [1.29, 1.82) is 0 Å². The fraction of sp³-hybridized carbons (Fsp3) is 0.417. The number of aliphatic hydroxyl groups excluding tert-OH is 2. The maximum absolute atomic E-state index is 13.3. The van der Waals surface area contributed by atoms with E-state index in [0.717, 1.165) is 18.2 Å². The SMILES string of the molecule is O=C(CN1CC(O)C(O)C1)Nc1cc(F)ccc1F. The Labute approximate surface area is 108 Å². The van der Waals surface area contributed by atoms with Crippen molar-refractivity contribution in [2.24, 2.45) is 0 Å². The van der Waals surface area contributed by atoms with Gasteiger partial charge in [0.1, 0.15) is 11.6 Å². The first-order chi connectivity index (χ1) is 8.95. The molecule has 2 unspecified atom stereocenters. The van der Waals surface area contributed by atoms with Crippen molar-refractivity contribution in [3.8, 4) is 0 Å². The van der Waals surface area contributed by atoms with E-state index in [9.17, 15) is 23.8 Å². The summed E-state index contributed by atoms with van der Waals surface area (Å²) in [6.45, 7) is 0.227. The van der Waals surface area contributed by atoms with Gasteiger partial charge in [-0.05, 0) is 12.1 Å². The smallest absolute Gasteiger partial charge is 0.238 e. The summed E-state index contributed by atoms with van der Waals surface area (Å²) in [5, 5.41) is 20.9. The number of amides is 1. The fourth-order valence-electron chi connectivity index (χ4n) is 1.96. The number of anilines is 1. The van der Waals surface area contributed by atoms with Crippen LogP contribution in [0.2, 0.25) is 0 Å². The average molecular weight is 272 g/mol. The average Bonchev–Trinajstić information content (AvgIpc) is 2.63. The summed E-state index contributed by atoms with van der Waals surface area (Å²) in [4.78, 5) is 13.2. The predicted octanol–water partition coefficient (Wildman–Crippen LogP) is -0.0593. The Morgan fingerprint density at radius 2 is 1.95 bits per heavy atom. The molecule has 1 heterocycles. The number of aliphatic hydroxyl groups is 2. The first kappa shape index (κ1) is 13.9. The highest BCUT2D eigenvalue weighted by Crippen LogP contribution is 2.16. The molecule has 0 radical (unpaired) electrons. The van der Waals surface area contributed by atoms with E-state index in [2.05, 4.69) is 5.32 Å². The molecule has 0 spiro atoms. The number of hydrogen-bond donors (Lipinski definition) is 3. The molecular weight excluding hydrogens is 258 g/mol. The van der Waals surface area contributed by atoms with Crippen molar-refractivity contribution in [2.45, 2.75) is 12.2 Å². The standard InChI is InChI=1S/C12H14F2N2O3/c13-7-1-2-8(14)9(3-7)15-12(19)6-16-4-10(17)11(18)5-16/h1-3,10-11,17-18H,4-6H2,(H,15,19). The van der Waals surface area contributed by atoms with Gasteiger partial charge in [-0.25, -0.2) is 8.78 Å². The Morgan fingerprint density at radius 1 is 1.32 bits per heavy atom. The molecule has 0 bridgehead atoms. The van der Waals surface area contributed by atoms with Crippen LogP contribution in [0.3, 0.4) is 0 Å². The van der Waals surface area contributed by atoms with Crippen molar-refractivity contribution < 1.29 is 23.8 Å². The fourth-order valence-corrected chi connectivity index (χ4v) is 1.96. The third kappa shape index (κ3) is 3.46. The number of nitrogens with zero attached hydrogens (tertiary/aromatic N) is 1. The Bertz CT molecular complexity index is 474. The number of likely N-dealkylation sites (tertiary alicyclic amines) is 1. The highest BCUT2D eigenvalue weighted by Gasteiger charge is 2.30. The van der Waals surface area contributed by atoms with Gasteiger partial charge in [0.15, 0.2) is 0 Å². The van der Waals surface area contributed by atoms with Gasteiger partial charge in [0, 0.05) is 19.2 Å². The first-order valence-corrected chi connectivity index (χ1v) is 5.79. The summed E-state index contributed by atoms with van der Waals surface area (Å²) in [5.74, 6) is -1.91. The summed E-state index contributed by atoms with van der Waals surface area (Å²) in [7, 11) is 0. The largest absolute Gasteiger partial charge is 0.389 e. The van der Waals surface area contributed by atoms with Crippen LogP contribution in [0.4, 0.5) is 14.5 Å². The van der Waals surface area contributed by atoms with Crippen LogP contribution in [0.5, 0.6) is 0 Å². The maximum atomic E-state index is 13.3. The van der Waals surface area contributed by atoms with Crippen LogP contribution in [0.15, 0.2) is 18.2 Å². The Morgan fingerprint density at radius 3 is 2.58 bits per heavy atom. The Balaban J connectivity index is 1.93. The molecule has 2 rings (SSSR count). The highest BCUT2D eigenvalue weighted by molar-refractivity contribution is 5.92. The molecule has 7 heteroatoms. The Hall–Kier alpha value is -1.57. The van der Waals surface area contributed by atoms with E-state index in [4.69, 9.17) is 0 Å². The molecule has 1 saturated heterocycles. The zero-order valence-electron chi connectivity index (χ0n) is 10.0. The summed E-state index contributed by atoms with van der Waals surface area (Å²) in [6, 6.07) is 2.77. The molecule has 104 valence electrons. The lowest BCUT2D eigenvalue weighted by molar-refractivity contribution is -0.117. The summed E-state index contributed by atoms with van der Waals surface area (Å²) in [6.07, 6.45) is -1.78. The number of benzene rings is 1. The molecule has 1 aliphatic rings. The molecular formula is C12H14F2N2O3. The molecule has 1 amide bonds. The van der Waals surface area contributed by atoms with E-state index in [1.807, 2.05) is 0 Å². The lowest BCUT2D eigenvalue weighted by atomic mass is 10.3. The maximum Gasteiger partial charge on any atom is 0.238 e. The van der Waals surface area contributed by atoms with Gasteiger partial charge in [-0.1, -0.05) is 0 Å². The number of rotatable bonds is 3. The molecule has 0 aromatic heterocycles. The quantitative estimate of drug-likeness (QED) is 0.721. The van der Waals surface area contributed by atoms with Crippen LogP contribution in [0, 0.1) is 11.6 Å². The molecule has 0 saturated carbocycles. The monoisotopic (exact) mass is 272 g/mol. The van der Waals surface area contributed by atoms with Gasteiger partial charge in [0.25, 0.3) is 0 Å². The van der Waals surface area contributed by atoms with E-state index in [0.29, 0.717) is 0 Å². The van der Waals surface area contributed by atoms with E-state index >= 15 is 0 Å². The minimum absolute atomic E-state index is 0.107. The van der Waals surface area contributed by atoms with Crippen molar-refractivity contribution in [1.82, 2.24) is 4.90 Å². The number of hydrogen-bond acceptors (Lipinski definition) is 4. The zero-order valence-corrected chi connectivity index (χ0v) is 10.0. The van der Waals surface area contributed by atoms with Gasteiger partial charge in [-0.2, -0.15) is 0 Å². The van der Waals surface area contributed by atoms with Crippen LogP contribution in [-0.2, 0) is 4.79 Å². The molecule has 3 N–H and O–H groups in total. The third-order valence-electron chi connectivity index (χ3n) is 2.90. The Kier molecular flexibility index (Phi) is 4.08. The molecule has 0 aliphatic carbocycles. The number of nitrogens with one attached hydrogen (secondary N) is 1. The van der Waals surface area contributed by atoms with E-state index in [1.165, 1.54) is 4.90 Å². The number of carbonyl (C=O) groups excluding carboxylic acids is 1. The molecule has 1 fully saturated rings. The van der Waals surface area contributed by atoms with E-state index < -0.39 is 29.7 Å². The van der Waals surface area contributed by atoms with Crippen molar-refractivity contribution in [3.63, 3.8) is 0 Å². The summed E-state index contributed by atoms with van der Waals surface area (Å²) < 4.78 is 26.2. The van der Waals surface area contributed by atoms with Crippen LogP contribution >= 0.6 is 0 Å². The second-order valence-electron chi connectivity index (χ2n) is 4.50. The highest BCUT2D eigenvalue weighted by atomic mass is 19.1. The van der Waals surface area contributed by atoms with Crippen molar-refractivity contribution in [3.05, 3.63) is 29.8 Å². The van der Waals surface area contributed by atoms with Gasteiger partial charge in [-0.15, -0.1) is 0 Å². The normalized spacial score (nSPS) is 23.6. The van der Waals surface area contributed by atoms with Crippen LogP contribution in [0.1, 0.15) is 0 Å². The van der Waals surface area contributed by atoms with Gasteiger partial charge in [0.05, 0.1) is 24.4 Å². The van der Waals surface area contributed by atoms with Gasteiger partial charge < -0.3 is 15.5 Å².